The van der Waals surface area contributed by atoms with Gasteiger partial charge in [-0.3, -0.25) is 9.59 Å². The maximum absolute atomic E-state index is 12.4. The van der Waals surface area contributed by atoms with Gasteiger partial charge >= 0.3 is 0 Å². The largest absolute Gasteiger partial charge is 0.370 e. The van der Waals surface area contributed by atoms with Gasteiger partial charge in [0.1, 0.15) is 17.8 Å². The summed E-state index contributed by atoms with van der Waals surface area (Å²) in [6.45, 7) is 6.51. The highest BCUT2D eigenvalue weighted by atomic mass is 16.2. The Balaban J connectivity index is 2.02. The Morgan fingerprint density at radius 2 is 1.80 bits per heavy atom. The molecule has 0 unspecified atom stereocenters. The first-order valence-electron chi connectivity index (χ1n) is 8.19. The van der Waals surface area contributed by atoms with E-state index in [1.165, 1.54) is 13.3 Å². The highest BCUT2D eigenvalue weighted by Crippen LogP contribution is 2.16. The van der Waals surface area contributed by atoms with Crippen LogP contribution in [0.15, 0.2) is 36.7 Å². The minimum atomic E-state index is -0.339. The Morgan fingerprint density at radius 3 is 2.48 bits per heavy atom. The summed E-state index contributed by atoms with van der Waals surface area (Å²) in [7, 11) is 0. The van der Waals surface area contributed by atoms with Gasteiger partial charge in [-0.1, -0.05) is 19.9 Å². The number of benzene rings is 1. The van der Waals surface area contributed by atoms with Crippen molar-refractivity contribution in [2.45, 2.75) is 27.2 Å². The first-order chi connectivity index (χ1) is 11.9. The molecule has 0 aliphatic rings. The van der Waals surface area contributed by atoms with E-state index in [2.05, 4.69) is 39.8 Å². The second-order valence-electron chi connectivity index (χ2n) is 6.11. The van der Waals surface area contributed by atoms with E-state index in [1.54, 1.807) is 30.3 Å². The van der Waals surface area contributed by atoms with E-state index in [9.17, 15) is 9.59 Å². The molecule has 0 spiro atoms. The van der Waals surface area contributed by atoms with Crippen LogP contribution in [0.5, 0.6) is 0 Å². The zero-order valence-electron chi connectivity index (χ0n) is 14.7. The Labute approximate surface area is 147 Å². The number of hydrogen-bond acceptors (Lipinski definition) is 5. The molecule has 0 fully saturated rings. The summed E-state index contributed by atoms with van der Waals surface area (Å²) < 4.78 is 0. The van der Waals surface area contributed by atoms with Crippen molar-refractivity contribution < 1.29 is 9.59 Å². The molecule has 1 aromatic carbocycles. The molecular formula is C18H23N5O2. The average molecular weight is 341 g/mol. The summed E-state index contributed by atoms with van der Waals surface area (Å²) in [4.78, 5) is 31.6. The summed E-state index contributed by atoms with van der Waals surface area (Å²) in [5.41, 5.74) is 1.46. The summed E-state index contributed by atoms with van der Waals surface area (Å²) >= 11 is 0. The van der Waals surface area contributed by atoms with Crippen molar-refractivity contribution in [2.24, 2.45) is 5.92 Å². The Morgan fingerprint density at radius 1 is 1.08 bits per heavy atom. The summed E-state index contributed by atoms with van der Waals surface area (Å²) in [6, 6.07) is 8.54. The Bertz CT molecular complexity index is 746. The standard InChI is InChI=1S/C18H23N5O2/c1-12(2)7-8-19-17-10-16(20-11-21-17)18(25)23-15-6-4-5-14(9-15)22-13(3)24/h4-6,9-12H,7-8H2,1-3H3,(H,22,24)(H,23,25)(H,19,20,21). The number of nitrogens with one attached hydrogen (secondary N) is 3. The lowest BCUT2D eigenvalue weighted by Crippen LogP contribution is -2.15. The lowest BCUT2D eigenvalue weighted by atomic mass is 10.1. The van der Waals surface area contributed by atoms with E-state index in [0.717, 1.165) is 13.0 Å². The molecule has 0 bridgehead atoms. The monoisotopic (exact) mass is 341 g/mol. The van der Waals surface area contributed by atoms with Crippen LogP contribution in [0.3, 0.4) is 0 Å². The van der Waals surface area contributed by atoms with Crippen molar-refractivity contribution in [3.63, 3.8) is 0 Å². The molecule has 7 nitrogen and oxygen atoms in total. The molecule has 7 heteroatoms. The number of aromatic nitrogens is 2. The average Bonchev–Trinajstić information content (AvgIpc) is 2.54. The number of carbonyl (C=O) groups excluding carboxylic acids is 2. The van der Waals surface area contributed by atoms with Crippen LogP contribution in [0, 0.1) is 5.92 Å². The highest BCUT2D eigenvalue weighted by molar-refractivity contribution is 6.03. The van der Waals surface area contributed by atoms with Crippen LogP contribution in [-0.2, 0) is 4.79 Å². The van der Waals surface area contributed by atoms with Crippen LogP contribution < -0.4 is 16.0 Å². The normalized spacial score (nSPS) is 10.4. The van der Waals surface area contributed by atoms with Gasteiger partial charge in [0.15, 0.2) is 0 Å². The molecule has 2 aromatic rings. The van der Waals surface area contributed by atoms with Gasteiger partial charge in [-0.25, -0.2) is 9.97 Å². The number of anilines is 3. The molecule has 0 aliphatic heterocycles. The predicted molar refractivity (Wildman–Crippen MR) is 98.7 cm³/mol. The van der Waals surface area contributed by atoms with Gasteiger partial charge in [0, 0.05) is 30.9 Å². The van der Waals surface area contributed by atoms with E-state index in [4.69, 9.17) is 0 Å². The van der Waals surface area contributed by atoms with Gasteiger partial charge in [-0.2, -0.15) is 0 Å². The fraction of sp³-hybridized carbons (Fsp3) is 0.333. The molecule has 0 radical (unpaired) electrons. The van der Waals surface area contributed by atoms with E-state index >= 15 is 0 Å². The quantitative estimate of drug-likeness (QED) is 0.719. The fourth-order valence-electron chi connectivity index (χ4n) is 2.14. The van der Waals surface area contributed by atoms with Crippen LogP contribution in [0.25, 0.3) is 0 Å². The third kappa shape index (κ3) is 6.21. The Hall–Kier alpha value is -2.96. The van der Waals surface area contributed by atoms with Crippen molar-refractivity contribution >= 4 is 29.0 Å². The van der Waals surface area contributed by atoms with Crippen LogP contribution in [0.4, 0.5) is 17.2 Å². The summed E-state index contributed by atoms with van der Waals surface area (Å²) in [5, 5.41) is 8.63. The molecule has 0 atom stereocenters. The van der Waals surface area contributed by atoms with Crippen LogP contribution in [-0.4, -0.2) is 28.3 Å². The van der Waals surface area contributed by atoms with Crippen molar-refractivity contribution in [3.8, 4) is 0 Å². The van der Waals surface area contributed by atoms with Crippen LogP contribution in [0.1, 0.15) is 37.7 Å². The van der Waals surface area contributed by atoms with Gasteiger partial charge in [0.25, 0.3) is 5.91 Å². The van der Waals surface area contributed by atoms with Crippen molar-refractivity contribution in [1.82, 2.24) is 9.97 Å². The molecule has 2 rings (SSSR count). The predicted octanol–water partition coefficient (Wildman–Crippen LogP) is 3.15. The van der Waals surface area contributed by atoms with E-state index < -0.39 is 0 Å². The van der Waals surface area contributed by atoms with Gasteiger partial charge < -0.3 is 16.0 Å². The number of carbonyl (C=O) groups is 2. The van der Waals surface area contributed by atoms with Gasteiger partial charge in [-0.15, -0.1) is 0 Å². The molecule has 25 heavy (non-hydrogen) atoms. The second-order valence-corrected chi connectivity index (χ2v) is 6.11. The molecule has 1 aromatic heterocycles. The molecule has 2 amide bonds. The van der Waals surface area contributed by atoms with E-state index in [0.29, 0.717) is 23.1 Å². The maximum atomic E-state index is 12.4. The summed E-state index contributed by atoms with van der Waals surface area (Å²) in [6.07, 6.45) is 2.38. The maximum Gasteiger partial charge on any atom is 0.274 e. The van der Waals surface area contributed by atoms with Gasteiger partial charge in [0.2, 0.25) is 5.91 Å². The van der Waals surface area contributed by atoms with E-state index in [-0.39, 0.29) is 17.5 Å². The molecule has 0 saturated heterocycles. The van der Waals surface area contributed by atoms with Crippen molar-refractivity contribution in [1.29, 1.82) is 0 Å². The first kappa shape index (κ1) is 18.4. The van der Waals surface area contributed by atoms with Crippen LogP contribution in [0.2, 0.25) is 0 Å². The van der Waals surface area contributed by atoms with Gasteiger partial charge in [-0.05, 0) is 30.5 Å². The lowest BCUT2D eigenvalue weighted by Gasteiger charge is -2.09. The smallest absolute Gasteiger partial charge is 0.274 e. The lowest BCUT2D eigenvalue weighted by molar-refractivity contribution is -0.114. The number of hydrogen-bond donors (Lipinski definition) is 3. The molecule has 3 N–H and O–H groups in total. The minimum absolute atomic E-state index is 0.170. The van der Waals surface area contributed by atoms with Crippen molar-refractivity contribution in [2.75, 3.05) is 22.5 Å². The third-order valence-corrected chi connectivity index (χ3v) is 3.37. The summed E-state index contributed by atoms with van der Waals surface area (Å²) in [5.74, 6) is 0.700. The zero-order valence-corrected chi connectivity index (χ0v) is 14.7. The number of nitrogens with zero attached hydrogens (tertiary/aromatic N) is 2. The van der Waals surface area contributed by atoms with E-state index in [1.807, 2.05) is 0 Å². The molecule has 132 valence electrons. The Kier molecular flexibility index (Phi) is 6.45. The van der Waals surface area contributed by atoms with Gasteiger partial charge in [0.05, 0.1) is 0 Å². The first-order valence-corrected chi connectivity index (χ1v) is 8.19. The van der Waals surface area contributed by atoms with Crippen LogP contribution >= 0.6 is 0 Å². The minimum Gasteiger partial charge on any atom is -0.370 e. The molecule has 1 heterocycles. The zero-order chi connectivity index (χ0) is 18.2. The van der Waals surface area contributed by atoms with Crippen molar-refractivity contribution in [3.05, 3.63) is 42.4 Å². The SMILES string of the molecule is CC(=O)Nc1cccc(NC(=O)c2cc(NCCC(C)C)ncn2)c1. The topological polar surface area (TPSA) is 96.0 Å². The molecular weight excluding hydrogens is 318 g/mol. The molecule has 0 saturated carbocycles. The number of rotatable bonds is 7. The number of amides is 2. The second kappa shape index (κ2) is 8.77. The highest BCUT2D eigenvalue weighted by Gasteiger charge is 2.10. The fourth-order valence-corrected chi connectivity index (χ4v) is 2.14. The third-order valence-electron chi connectivity index (χ3n) is 3.37. The molecule has 0 aliphatic carbocycles.